The number of aromatic amines is 1. The molecule has 0 spiro atoms. The van der Waals surface area contributed by atoms with Crippen molar-refractivity contribution in [2.75, 3.05) is 7.11 Å². The minimum absolute atomic E-state index is 0.386. The van der Waals surface area contributed by atoms with E-state index in [1.807, 2.05) is 57.2 Å². The molecule has 0 saturated carbocycles. The molecule has 0 aliphatic carbocycles. The molecule has 0 saturated heterocycles. The molecule has 1 atom stereocenters. The molecule has 2 N–H and O–H groups in total. The standard InChI is InChI=1S/C21H23Br2N3O3/c1-21(2,3)29-20(27)26-18(9-12-5-7-13(28-4)8-6-12)19-24-16-10-14(22)15(23)11-17(16)25-19/h5-8,10-11,18H,9H2,1-4H3,(H,24,25)(H,26,27). The van der Waals surface area contributed by atoms with Crippen molar-refractivity contribution in [1.29, 1.82) is 0 Å². The van der Waals surface area contributed by atoms with Crippen molar-refractivity contribution in [3.05, 3.63) is 56.7 Å². The second-order valence-corrected chi connectivity index (χ2v) is 9.37. The minimum atomic E-state index is -0.585. The van der Waals surface area contributed by atoms with Crippen LogP contribution in [0.4, 0.5) is 4.79 Å². The van der Waals surface area contributed by atoms with Crippen LogP contribution in [0.3, 0.4) is 0 Å². The molecule has 2 aromatic carbocycles. The van der Waals surface area contributed by atoms with Crippen molar-refractivity contribution in [3.63, 3.8) is 0 Å². The number of nitrogens with zero attached hydrogens (tertiary/aromatic N) is 1. The van der Waals surface area contributed by atoms with Gasteiger partial charge in [0.2, 0.25) is 0 Å². The van der Waals surface area contributed by atoms with E-state index in [1.165, 1.54) is 0 Å². The number of alkyl carbamates (subject to hydrolysis) is 1. The zero-order chi connectivity index (χ0) is 21.2. The van der Waals surface area contributed by atoms with Gasteiger partial charge in [-0.15, -0.1) is 0 Å². The maximum atomic E-state index is 12.4. The number of H-pyrrole nitrogens is 1. The van der Waals surface area contributed by atoms with Crippen LogP contribution in [-0.4, -0.2) is 28.8 Å². The third-order valence-corrected chi connectivity index (χ3v) is 6.01. The number of aromatic nitrogens is 2. The average molecular weight is 525 g/mol. The predicted molar refractivity (Wildman–Crippen MR) is 120 cm³/mol. The molecule has 0 aliphatic rings. The molecular weight excluding hydrogens is 502 g/mol. The third kappa shape index (κ3) is 5.73. The molecule has 6 nitrogen and oxygen atoms in total. The highest BCUT2D eigenvalue weighted by Gasteiger charge is 2.23. The van der Waals surface area contributed by atoms with Crippen molar-refractivity contribution in [1.82, 2.24) is 15.3 Å². The van der Waals surface area contributed by atoms with Gasteiger partial charge < -0.3 is 19.8 Å². The summed E-state index contributed by atoms with van der Waals surface area (Å²) >= 11 is 7.01. The lowest BCUT2D eigenvalue weighted by molar-refractivity contribution is 0.0501. The normalized spacial score (nSPS) is 12.6. The second kappa shape index (κ2) is 8.75. The van der Waals surface area contributed by atoms with Gasteiger partial charge in [-0.2, -0.15) is 0 Å². The molecule has 1 heterocycles. The largest absolute Gasteiger partial charge is 0.497 e. The number of imidazole rings is 1. The van der Waals surface area contributed by atoms with Crippen LogP contribution in [-0.2, 0) is 11.2 Å². The molecule has 0 aliphatic heterocycles. The van der Waals surface area contributed by atoms with Gasteiger partial charge in [0.1, 0.15) is 17.2 Å². The number of nitrogens with one attached hydrogen (secondary N) is 2. The van der Waals surface area contributed by atoms with E-state index in [0.29, 0.717) is 12.2 Å². The lowest BCUT2D eigenvalue weighted by Gasteiger charge is -2.23. The van der Waals surface area contributed by atoms with E-state index in [0.717, 1.165) is 31.3 Å². The van der Waals surface area contributed by atoms with E-state index in [2.05, 4.69) is 42.2 Å². The first-order valence-electron chi connectivity index (χ1n) is 9.12. The van der Waals surface area contributed by atoms with E-state index >= 15 is 0 Å². The maximum Gasteiger partial charge on any atom is 0.408 e. The topological polar surface area (TPSA) is 76.2 Å². The van der Waals surface area contributed by atoms with Gasteiger partial charge in [-0.25, -0.2) is 9.78 Å². The maximum absolute atomic E-state index is 12.4. The number of carbonyl (C=O) groups excluding carboxylic acids is 1. The Morgan fingerprint density at radius 1 is 1.17 bits per heavy atom. The molecule has 8 heteroatoms. The third-order valence-electron chi connectivity index (χ3n) is 4.16. The fourth-order valence-electron chi connectivity index (χ4n) is 2.85. The Bertz CT molecular complexity index is 971. The first kappa shape index (κ1) is 21.6. The lowest BCUT2D eigenvalue weighted by Crippen LogP contribution is -2.36. The Labute approximate surface area is 186 Å². The minimum Gasteiger partial charge on any atom is -0.497 e. The van der Waals surface area contributed by atoms with Gasteiger partial charge in [0.25, 0.3) is 0 Å². The molecule has 0 radical (unpaired) electrons. The quantitative estimate of drug-likeness (QED) is 0.435. The van der Waals surface area contributed by atoms with E-state index in [4.69, 9.17) is 14.5 Å². The molecule has 0 bridgehead atoms. The SMILES string of the molecule is COc1ccc(CC(NC(=O)OC(C)(C)C)c2nc3cc(Br)c(Br)cc3[nH]2)cc1. The smallest absolute Gasteiger partial charge is 0.408 e. The first-order chi connectivity index (χ1) is 13.6. The van der Waals surface area contributed by atoms with Crippen molar-refractivity contribution >= 4 is 49.0 Å². The Morgan fingerprint density at radius 3 is 2.45 bits per heavy atom. The first-order valence-corrected chi connectivity index (χ1v) is 10.7. The van der Waals surface area contributed by atoms with Gasteiger partial charge in [-0.05, 0) is 82.5 Å². The van der Waals surface area contributed by atoms with Crippen molar-refractivity contribution in [3.8, 4) is 5.75 Å². The van der Waals surface area contributed by atoms with Crippen LogP contribution in [0.1, 0.15) is 38.2 Å². The number of carbonyl (C=O) groups is 1. The van der Waals surface area contributed by atoms with Crippen LogP contribution in [0, 0.1) is 0 Å². The molecular formula is C21H23Br2N3O3. The molecule has 1 amide bonds. The number of ether oxygens (including phenoxy) is 2. The van der Waals surface area contributed by atoms with Crippen molar-refractivity contribution in [2.24, 2.45) is 0 Å². The predicted octanol–water partition coefficient (Wildman–Crippen LogP) is 5.91. The van der Waals surface area contributed by atoms with E-state index < -0.39 is 11.7 Å². The summed E-state index contributed by atoms with van der Waals surface area (Å²) in [5.41, 5.74) is 2.13. The number of benzene rings is 2. The summed E-state index contributed by atoms with van der Waals surface area (Å²) in [7, 11) is 1.63. The highest BCUT2D eigenvalue weighted by molar-refractivity contribution is 9.13. The fraction of sp³-hybridized carbons (Fsp3) is 0.333. The summed E-state index contributed by atoms with van der Waals surface area (Å²) in [6, 6.07) is 11.2. The Kier molecular flexibility index (Phi) is 6.53. The molecule has 1 unspecified atom stereocenters. The number of amides is 1. The summed E-state index contributed by atoms with van der Waals surface area (Å²) in [5, 5.41) is 2.95. The van der Waals surface area contributed by atoms with Crippen molar-refractivity contribution in [2.45, 2.75) is 38.8 Å². The van der Waals surface area contributed by atoms with Crippen molar-refractivity contribution < 1.29 is 14.3 Å². The zero-order valence-electron chi connectivity index (χ0n) is 16.7. The number of rotatable bonds is 5. The zero-order valence-corrected chi connectivity index (χ0v) is 19.8. The molecule has 3 aromatic rings. The van der Waals surface area contributed by atoms with Crippen LogP contribution in [0.5, 0.6) is 5.75 Å². The second-order valence-electron chi connectivity index (χ2n) is 7.66. The van der Waals surface area contributed by atoms with E-state index in [1.54, 1.807) is 7.11 Å². The molecule has 29 heavy (non-hydrogen) atoms. The van der Waals surface area contributed by atoms with Gasteiger partial charge in [0.15, 0.2) is 0 Å². The summed E-state index contributed by atoms with van der Waals surface area (Å²) in [5.74, 6) is 1.44. The van der Waals surface area contributed by atoms with E-state index in [-0.39, 0.29) is 6.04 Å². The Balaban J connectivity index is 1.91. The number of hydrogen-bond donors (Lipinski definition) is 2. The van der Waals surface area contributed by atoms with Crippen LogP contribution in [0.25, 0.3) is 11.0 Å². The summed E-state index contributed by atoms with van der Waals surface area (Å²) in [6.45, 7) is 5.50. The van der Waals surface area contributed by atoms with Gasteiger partial charge >= 0.3 is 6.09 Å². The van der Waals surface area contributed by atoms with Gasteiger partial charge in [0, 0.05) is 15.4 Å². The highest BCUT2D eigenvalue weighted by atomic mass is 79.9. The van der Waals surface area contributed by atoms with Gasteiger partial charge in [-0.3, -0.25) is 0 Å². The monoisotopic (exact) mass is 523 g/mol. The summed E-state index contributed by atoms with van der Waals surface area (Å²) in [4.78, 5) is 20.5. The Hall–Kier alpha value is -2.06. The van der Waals surface area contributed by atoms with Gasteiger partial charge in [0.05, 0.1) is 24.2 Å². The number of hydrogen-bond acceptors (Lipinski definition) is 4. The molecule has 1 aromatic heterocycles. The van der Waals surface area contributed by atoms with Crippen LogP contribution in [0.2, 0.25) is 0 Å². The molecule has 3 rings (SSSR count). The lowest BCUT2D eigenvalue weighted by atomic mass is 10.1. The number of fused-ring (bicyclic) bond motifs is 1. The fourth-order valence-corrected chi connectivity index (χ4v) is 3.53. The summed E-state index contributed by atoms with van der Waals surface area (Å²) < 4.78 is 12.5. The molecule has 154 valence electrons. The summed E-state index contributed by atoms with van der Waals surface area (Å²) in [6.07, 6.45) is 0.0598. The number of methoxy groups -OCH3 is 1. The number of halogens is 2. The molecule has 0 fully saturated rings. The average Bonchev–Trinajstić information content (AvgIpc) is 3.03. The van der Waals surface area contributed by atoms with Crippen LogP contribution in [0.15, 0.2) is 45.3 Å². The highest BCUT2D eigenvalue weighted by Crippen LogP contribution is 2.29. The van der Waals surface area contributed by atoms with E-state index in [9.17, 15) is 4.79 Å². The Morgan fingerprint density at radius 2 is 1.83 bits per heavy atom. The van der Waals surface area contributed by atoms with Crippen LogP contribution >= 0.6 is 31.9 Å². The van der Waals surface area contributed by atoms with Crippen LogP contribution < -0.4 is 10.1 Å². The van der Waals surface area contributed by atoms with Gasteiger partial charge in [-0.1, -0.05) is 12.1 Å².